The first-order valence-corrected chi connectivity index (χ1v) is 13.2. The average Bonchev–Trinajstić information content (AvgIpc) is 2.76. The van der Waals surface area contributed by atoms with E-state index in [-0.39, 0.29) is 37.9 Å². The number of hydrogen-bond acceptors (Lipinski definition) is 9. The summed E-state index contributed by atoms with van der Waals surface area (Å²) in [5, 5.41) is 9.29. The number of carboxylic acids is 1. The monoisotopic (exact) mass is 542 g/mol. The van der Waals surface area contributed by atoms with E-state index in [0.717, 1.165) is 0 Å². The smallest absolute Gasteiger partial charge is 0.375 e. The van der Waals surface area contributed by atoms with Crippen molar-refractivity contribution in [3.8, 4) is 0 Å². The second-order valence-electron chi connectivity index (χ2n) is 12.6. The number of hydrogen-bond donors (Lipinski definition) is 1. The Labute approximate surface area is 227 Å². The van der Waals surface area contributed by atoms with Gasteiger partial charge in [0.2, 0.25) is 6.04 Å². The standard InChI is InChI=1S/C27H47N3O8/c1-25(2,3)36-22(33)18-28-12-13-29(19-23(34)37-26(4,5)6)15-17-30(16-14-28)20(10-11-21(31)32)24(35)38-27(7,8)9/h16,20H,10-15,17-19H2,1-9H3/p+1. The minimum atomic E-state index is -1.01. The molecule has 1 unspecified atom stereocenters. The number of esters is 3. The highest BCUT2D eigenvalue weighted by Crippen LogP contribution is 2.14. The van der Waals surface area contributed by atoms with Crippen molar-refractivity contribution in [2.45, 2.75) is 98.0 Å². The molecule has 0 aliphatic carbocycles. The van der Waals surface area contributed by atoms with E-state index in [2.05, 4.69) is 0 Å². The highest BCUT2D eigenvalue weighted by Gasteiger charge is 2.35. The molecule has 1 rings (SSSR count). The van der Waals surface area contributed by atoms with Gasteiger partial charge < -0.3 is 19.3 Å². The molecule has 11 heteroatoms. The van der Waals surface area contributed by atoms with Crippen molar-refractivity contribution in [2.75, 3.05) is 45.8 Å². The first-order chi connectivity index (χ1) is 17.2. The molecule has 0 aromatic rings. The lowest BCUT2D eigenvalue weighted by molar-refractivity contribution is -0.552. The SMILES string of the molecule is CC(C)(C)OC(=O)CN1CC=[N+](C(CCC(=O)O)C(=O)OC(C)(C)C)CCN(CC(=O)OC(C)(C)C)CC1. The van der Waals surface area contributed by atoms with Gasteiger partial charge in [-0.25, -0.2) is 9.37 Å². The second kappa shape index (κ2) is 14.0. The number of carboxylic acid groups (broad SMARTS) is 1. The van der Waals surface area contributed by atoms with Crippen LogP contribution in [0.15, 0.2) is 0 Å². The molecule has 0 amide bonds. The van der Waals surface area contributed by atoms with E-state index in [9.17, 15) is 24.3 Å². The number of carbonyl (C=O) groups is 4. The minimum Gasteiger partial charge on any atom is -0.481 e. The van der Waals surface area contributed by atoms with Gasteiger partial charge in [-0.2, -0.15) is 0 Å². The van der Waals surface area contributed by atoms with Gasteiger partial charge in [-0.15, -0.1) is 0 Å². The molecule has 218 valence electrons. The molecule has 0 aromatic carbocycles. The largest absolute Gasteiger partial charge is 0.481 e. The van der Waals surface area contributed by atoms with Crippen molar-refractivity contribution in [1.82, 2.24) is 9.80 Å². The van der Waals surface area contributed by atoms with E-state index in [0.29, 0.717) is 32.7 Å². The summed E-state index contributed by atoms with van der Waals surface area (Å²) >= 11 is 0. The first kappa shape index (κ1) is 33.5. The van der Waals surface area contributed by atoms with Crippen molar-refractivity contribution >= 4 is 30.1 Å². The molecule has 38 heavy (non-hydrogen) atoms. The Hall–Kier alpha value is -2.53. The van der Waals surface area contributed by atoms with E-state index in [4.69, 9.17) is 14.2 Å². The fourth-order valence-electron chi connectivity index (χ4n) is 3.80. The van der Waals surface area contributed by atoms with Gasteiger partial charge in [-0.3, -0.25) is 24.2 Å². The van der Waals surface area contributed by atoms with Crippen LogP contribution in [0.2, 0.25) is 0 Å². The molecule has 1 aliphatic heterocycles. The molecule has 0 bridgehead atoms. The van der Waals surface area contributed by atoms with Gasteiger partial charge >= 0.3 is 23.9 Å². The Kier molecular flexibility index (Phi) is 12.4. The molecular formula is C27H48N3O8+. The van der Waals surface area contributed by atoms with Gasteiger partial charge in [-0.1, -0.05) is 0 Å². The summed E-state index contributed by atoms with van der Waals surface area (Å²) < 4.78 is 18.4. The molecule has 11 nitrogen and oxygen atoms in total. The molecule has 0 fully saturated rings. The predicted octanol–water partition coefficient (Wildman–Crippen LogP) is 1.95. The minimum absolute atomic E-state index is 0.0219. The zero-order chi connectivity index (χ0) is 29.3. The normalized spacial score (nSPS) is 17.3. The number of aliphatic carboxylic acids is 1. The van der Waals surface area contributed by atoms with E-state index < -0.39 is 34.8 Å². The van der Waals surface area contributed by atoms with E-state index in [1.807, 2.05) is 9.80 Å². The maximum Gasteiger partial charge on any atom is 0.375 e. The van der Waals surface area contributed by atoms with Crippen molar-refractivity contribution in [3.05, 3.63) is 0 Å². The number of carbonyl (C=O) groups excluding carboxylic acids is 3. The third-order valence-corrected chi connectivity index (χ3v) is 5.24. The highest BCUT2D eigenvalue weighted by molar-refractivity contribution is 5.77. The van der Waals surface area contributed by atoms with Gasteiger partial charge in [-0.05, 0) is 62.3 Å². The van der Waals surface area contributed by atoms with Crippen molar-refractivity contribution in [2.24, 2.45) is 0 Å². The zero-order valence-corrected chi connectivity index (χ0v) is 24.7. The predicted molar refractivity (Wildman–Crippen MR) is 142 cm³/mol. The molecule has 1 aliphatic rings. The van der Waals surface area contributed by atoms with Crippen LogP contribution >= 0.6 is 0 Å². The Balaban J connectivity index is 3.25. The fraction of sp³-hybridized carbons (Fsp3) is 0.815. The first-order valence-electron chi connectivity index (χ1n) is 13.2. The van der Waals surface area contributed by atoms with E-state index in [1.54, 1.807) is 73.1 Å². The average molecular weight is 543 g/mol. The summed E-state index contributed by atoms with van der Waals surface area (Å²) in [6.45, 7) is 18.2. The molecule has 0 saturated carbocycles. The Morgan fingerprint density at radius 2 is 1.26 bits per heavy atom. The van der Waals surface area contributed by atoms with Crippen LogP contribution in [0, 0.1) is 0 Å². The maximum atomic E-state index is 13.1. The van der Waals surface area contributed by atoms with Crippen LogP contribution in [0.3, 0.4) is 0 Å². The van der Waals surface area contributed by atoms with Crippen LogP contribution < -0.4 is 0 Å². The van der Waals surface area contributed by atoms with Crippen molar-refractivity contribution in [3.63, 3.8) is 0 Å². The molecule has 1 N–H and O–H groups in total. The van der Waals surface area contributed by atoms with Crippen molar-refractivity contribution < 1.29 is 43.1 Å². The summed E-state index contributed by atoms with van der Waals surface area (Å²) in [4.78, 5) is 53.4. The molecular weight excluding hydrogens is 494 g/mol. The maximum absolute atomic E-state index is 13.1. The van der Waals surface area contributed by atoms with Crippen LogP contribution in [0.1, 0.15) is 75.2 Å². The van der Waals surface area contributed by atoms with Crippen LogP contribution in [-0.2, 0) is 33.4 Å². The zero-order valence-electron chi connectivity index (χ0n) is 24.7. The van der Waals surface area contributed by atoms with Gasteiger partial charge in [0, 0.05) is 19.5 Å². The molecule has 0 spiro atoms. The molecule has 0 saturated heterocycles. The lowest BCUT2D eigenvalue weighted by Crippen LogP contribution is -2.44. The third-order valence-electron chi connectivity index (χ3n) is 5.24. The van der Waals surface area contributed by atoms with E-state index in [1.165, 1.54) is 0 Å². The lowest BCUT2D eigenvalue weighted by Gasteiger charge is -2.27. The fourth-order valence-corrected chi connectivity index (χ4v) is 3.80. The molecule has 0 aromatic heterocycles. The van der Waals surface area contributed by atoms with E-state index >= 15 is 0 Å². The third kappa shape index (κ3) is 15.0. The Morgan fingerprint density at radius 3 is 1.74 bits per heavy atom. The van der Waals surface area contributed by atoms with Crippen LogP contribution in [0.4, 0.5) is 0 Å². The summed E-state index contributed by atoms with van der Waals surface area (Å²) in [5.41, 5.74) is -2.00. The summed E-state index contributed by atoms with van der Waals surface area (Å²) in [6, 6.07) is -0.838. The Morgan fingerprint density at radius 1 is 0.789 bits per heavy atom. The summed E-state index contributed by atoms with van der Waals surface area (Å²) in [7, 11) is 0. The van der Waals surface area contributed by atoms with Crippen LogP contribution in [-0.4, -0.2) is 118 Å². The van der Waals surface area contributed by atoms with Gasteiger partial charge in [0.1, 0.15) is 16.8 Å². The quantitative estimate of drug-likeness (QED) is 0.262. The molecule has 1 atom stereocenters. The topological polar surface area (TPSA) is 126 Å². The number of nitrogens with zero attached hydrogens (tertiary/aromatic N) is 3. The summed E-state index contributed by atoms with van der Waals surface area (Å²) in [5.74, 6) is -2.29. The summed E-state index contributed by atoms with van der Waals surface area (Å²) in [6.07, 6.45) is 1.65. The molecule has 0 radical (unpaired) electrons. The van der Waals surface area contributed by atoms with Gasteiger partial charge in [0.25, 0.3) is 0 Å². The molecule has 1 heterocycles. The van der Waals surface area contributed by atoms with Crippen molar-refractivity contribution in [1.29, 1.82) is 0 Å². The van der Waals surface area contributed by atoms with Crippen LogP contribution in [0.25, 0.3) is 0 Å². The van der Waals surface area contributed by atoms with Gasteiger partial charge in [0.05, 0.1) is 32.6 Å². The number of ether oxygens (including phenoxy) is 3. The highest BCUT2D eigenvalue weighted by atomic mass is 16.6. The lowest BCUT2D eigenvalue weighted by atomic mass is 10.1. The second-order valence-corrected chi connectivity index (χ2v) is 12.6. The van der Waals surface area contributed by atoms with Gasteiger partial charge in [0.15, 0.2) is 12.8 Å². The van der Waals surface area contributed by atoms with Crippen LogP contribution in [0.5, 0.6) is 0 Å². The Bertz CT molecular complexity index is 865. The number of rotatable bonds is 9.